The molecule has 0 amide bonds. The van der Waals surface area contributed by atoms with E-state index >= 15 is 8.78 Å². The molecule has 240 valence electrons. The van der Waals surface area contributed by atoms with Gasteiger partial charge in [0.25, 0.3) is 0 Å². The number of anilines is 3. The number of aromatic nitrogens is 1. The molecule has 7 aromatic carbocycles. The Balaban J connectivity index is 1.09. The summed E-state index contributed by atoms with van der Waals surface area (Å²) < 4.78 is 53.1. The Morgan fingerprint density at radius 2 is 0.980 bits per heavy atom. The average Bonchev–Trinajstić information content (AvgIpc) is 3.69. The van der Waals surface area contributed by atoms with Gasteiger partial charge in [-0.05, 0) is 82.9 Å². The minimum atomic E-state index is -0.994. The molecule has 0 saturated carbocycles. The Hall–Kier alpha value is -6.53. The summed E-state index contributed by atoms with van der Waals surface area (Å²) in [5.41, 5.74) is 9.36. The SMILES string of the molecule is Fc1cc(F)c(N(c2ccc(-c3ccccc3)cc2)c2ccc(-c3ccc(-n4c5ccccc5c5oc6ccccc6c54)cc3)cc2)c(F)c1. The Morgan fingerprint density at radius 1 is 0.480 bits per heavy atom. The van der Waals surface area contributed by atoms with Gasteiger partial charge in [-0.1, -0.05) is 91.0 Å². The van der Waals surface area contributed by atoms with E-state index in [-0.39, 0.29) is 5.69 Å². The van der Waals surface area contributed by atoms with Crippen LogP contribution in [-0.4, -0.2) is 4.57 Å². The van der Waals surface area contributed by atoms with Crippen LogP contribution in [0.2, 0.25) is 0 Å². The summed E-state index contributed by atoms with van der Waals surface area (Å²) in [4.78, 5) is 1.48. The first-order valence-electron chi connectivity index (χ1n) is 16.3. The largest absolute Gasteiger partial charge is 0.454 e. The molecular weight excluding hydrogens is 629 g/mol. The van der Waals surface area contributed by atoms with Crippen LogP contribution in [0.4, 0.5) is 30.2 Å². The van der Waals surface area contributed by atoms with Crippen LogP contribution in [0.5, 0.6) is 0 Å². The molecule has 9 rings (SSSR count). The fourth-order valence-corrected chi connectivity index (χ4v) is 6.88. The van der Waals surface area contributed by atoms with Gasteiger partial charge in [-0.3, -0.25) is 0 Å². The second-order valence-corrected chi connectivity index (χ2v) is 12.2. The third kappa shape index (κ3) is 4.92. The number of furan rings is 1. The Kier molecular flexibility index (Phi) is 7.02. The molecule has 0 atom stereocenters. The first-order chi connectivity index (χ1) is 24.5. The van der Waals surface area contributed by atoms with Gasteiger partial charge in [-0.25, -0.2) is 13.2 Å². The summed E-state index contributed by atoms with van der Waals surface area (Å²) in [6.07, 6.45) is 0. The lowest BCUT2D eigenvalue weighted by molar-refractivity contribution is 0.545. The zero-order valence-corrected chi connectivity index (χ0v) is 26.5. The number of hydrogen-bond donors (Lipinski definition) is 0. The molecule has 0 unspecified atom stereocenters. The molecule has 6 heteroatoms. The molecule has 0 fully saturated rings. The normalized spacial score (nSPS) is 11.5. The molecule has 9 aromatic rings. The Labute approximate surface area is 285 Å². The maximum absolute atomic E-state index is 15.3. The summed E-state index contributed by atoms with van der Waals surface area (Å²) in [6, 6.07) is 50.7. The second-order valence-electron chi connectivity index (χ2n) is 12.2. The molecule has 0 spiro atoms. The molecule has 50 heavy (non-hydrogen) atoms. The predicted molar refractivity (Wildman–Crippen MR) is 196 cm³/mol. The van der Waals surface area contributed by atoms with E-state index in [0.717, 1.165) is 60.9 Å². The number of hydrogen-bond acceptors (Lipinski definition) is 2. The highest BCUT2D eigenvalue weighted by Gasteiger charge is 2.23. The van der Waals surface area contributed by atoms with E-state index in [1.807, 2.05) is 109 Å². The molecule has 0 saturated heterocycles. The maximum atomic E-state index is 15.3. The highest BCUT2D eigenvalue weighted by molar-refractivity contribution is 6.16. The standard InChI is InChI=1S/C44H27F3N2O/c45-32-26-38(46)43(39(47)27-32)48(33-20-14-29(15-21-33)28-8-2-1-3-9-28)34-22-16-30(17-23-34)31-18-24-35(25-19-31)49-40-12-6-4-10-36(40)44-42(49)37-11-5-7-13-41(37)50-44/h1-27H. The number of rotatable bonds is 6. The first kappa shape index (κ1) is 29.6. The Morgan fingerprint density at radius 3 is 1.60 bits per heavy atom. The fourth-order valence-electron chi connectivity index (χ4n) is 6.88. The van der Waals surface area contributed by atoms with Crippen LogP contribution in [0.3, 0.4) is 0 Å². The van der Waals surface area contributed by atoms with E-state index in [1.165, 1.54) is 4.90 Å². The van der Waals surface area contributed by atoms with Crippen LogP contribution in [0.1, 0.15) is 0 Å². The number of para-hydroxylation sites is 2. The highest BCUT2D eigenvalue weighted by atomic mass is 19.1. The number of halogens is 3. The van der Waals surface area contributed by atoms with Gasteiger partial charge in [0.15, 0.2) is 17.2 Å². The van der Waals surface area contributed by atoms with Crippen molar-refractivity contribution in [2.45, 2.75) is 0 Å². The van der Waals surface area contributed by atoms with Crippen molar-refractivity contribution in [3.05, 3.63) is 181 Å². The summed E-state index contributed by atoms with van der Waals surface area (Å²) in [6.45, 7) is 0. The molecule has 0 aliphatic heterocycles. The third-order valence-corrected chi connectivity index (χ3v) is 9.20. The van der Waals surface area contributed by atoms with Crippen LogP contribution in [0.25, 0.3) is 60.9 Å². The zero-order valence-electron chi connectivity index (χ0n) is 26.5. The van der Waals surface area contributed by atoms with Crippen LogP contribution in [0, 0.1) is 17.5 Å². The van der Waals surface area contributed by atoms with Crippen LogP contribution >= 0.6 is 0 Å². The van der Waals surface area contributed by atoms with Gasteiger partial charge >= 0.3 is 0 Å². The zero-order chi connectivity index (χ0) is 33.8. The van der Waals surface area contributed by atoms with Gasteiger partial charge in [0.05, 0.1) is 5.52 Å². The van der Waals surface area contributed by atoms with Crippen LogP contribution in [0.15, 0.2) is 168 Å². The fraction of sp³-hybridized carbons (Fsp3) is 0. The van der Waals surface area contributed by atoms with Gasteiger partial charge in [0.1, 0.15) is 22.6 Å². The minimum Gasteiger partial charge on any atom is -0.454 e. The van der Waals surface area contributed by atoms with Crippen LogP contribution < -0.4 is 4.90 Å². The van der Waals surface area contributed by atoms with Crippen molar-refractivity contribution in [1.82, 2.24) is 4.57 Å². The van der Waals surface area contributed by atoms with E-state index in [2.05, 4.69) is 47.0 Å². The smallest absolute Gasteiger partial charge is 0.161 e. The summed E-state index contributed by atoms with van der Waals surface area (Å²) >= 11 is 0. The molecule has 2 heterocycles. The molecule has 0 N–H and O–H groups in total. The van der Waals surface area contributed by atoms with E-state index in [0.29, 0.717) is 23.5 Å². The van der Waals surface area contributed by atoms with Crippen molar-refractivity contribution in [1.29, 1.82) is 0 Å². The summed E-state index contributed by atoms with van der Waals surface area (Å²) in [5, 5.41) is 2.10. The number of nitrogens with zero attached hydrogens (tertiary/aromatic N) is 2. The molecular formula is C44H27F3N2O. The number of benzene rings is 7. The van der Waals surface area contributed by atoms with Crippen molar-refractivity contribution >= 4 is 50.0 Å². The lowest BCUT2D eigenvalue weighted by Crippen LogP contribution is -2.14. The van der Waals surface area contributed by atoms with E-state index in [1.54, 1.807) is 0 Å². The van der Waals surface area contributed by atoms with Gasteiger partial charge < -0.3 is 13.9 Å². The monoisotopic (exact) mass is 656 g/mol. The summed E-state index contributed by atoms with van der Waals surface area (Å²) in [5.74, 6) is -2.96. The molecule has 0 bridgehead atoms. The summed E-state index contributed by atoms with van der Waals surface area (Å²) in [7, 11) is 0. The van der Waals surface area contributed by atoms with Crippen molar-refractivity contribution in [3.8, 4) is 27.9 Å². The second kappa shape index (κ2) is 11.9. The lowest BCUT2D eigenvalue weighted by Gasteiger charge is -2.26. The molecule has 0 aliphatic carbocycles. The first-order valence-corrected chi connectivity index (χ1v) is 16.3. The van der Waals surface area contributed by atoms with Gasteiger partial charge in [0, 0.05) is 40.0 Å². The van der Waals surface area contributed by atoms with Crippen molar-refractivity contribution in [3.63, 3.8) is 0 Å². The quantitative estimate of drug-likeness (QED) is 0.178. The predicted octanol–water partition coefficient (Wildman–Crippen LogP) is 12.8. The van der Waals surface area contributed by atoms with E-state index in [9.17, 15) is 4.39 Å². The number of fused-ring (bicyclic) bond motifs is 5. The minimum absolute atomic E-state index is 0.354. The molecule has 2 aromatic heterocycles. The van der Waals surface area contributed by atoms with Crippen molar-refractivity contribution < 1.29 is 17.6 Å². The van der Waals surface area contributed by atoms with Gasteiger partial charge in [-0.15, -0.1) is 0 Å². The van der Waals surface area contributed by atoms with Crippen molar-refractivity contribution in [2.24, 2.45) is 0 Å². The van der Waals surface area contributed by atoms with Gasteiger partial charge in [0.2, 0.25) is 0 Å². The van der Waals surface area contributed by atoms with E-state index in [4.69, 9.17) is 4.42 Å². The lowest BCUT2D eigenvalue weighted by atomic mass is 10.0. The van der Waals surface area contributed by atoms with Crippen molar-refractivity contribution in [2.75, 3.05) is 4.90 Å². The Bertz CT molecular complexity index is 2630. The maximum Gasteiger partial charge on any atom is 0.161 e. The molecule has 3 nitrogen and oxygen atoms in total. The van der Waals surface area contributed by atoms with Crippen LogP contribution in [-0.2, 0) is 0 Å². The highest BCUT2D eigenvalue weighted by Crippen LogP contribution is 2.41. The third-order valence-electron chi connectivity index (χ3n) is 9.20. The average molecular weight is 657 g/mol. The van der Waals surface area contributed by atoms with E-state index < -0.39 is 17.5 Å². The van der Waals surface area contributed by atoms with Gasteiger partial charge in [-0.2, -0.15) is 0 Å². The topological polar surface area (TPSA) is 21.3 Å². The molecule has 0 aliphatic rings. The molecule has 0 radical (unpaired) electrons.